The van der Waals surface area contributed by atoms with Gasteiger partial charge in [-0.15, -0.1) is 0 Å². The maximum atomic E-state index is 12.4. The third-order valence-corrected chi connectivity index (χ3v) is 4.61. The van der Waals surface area contributed by atoms with Crippen molar-refractivity contribution in [3.05, 3.63) is 82.9 Å². The van der Waals surface area contributed by atoms with Crippen molar-refractivity contribution in [3.63, 3.8) is 0 Å². The van der Waals surface area contributed by atoms with Crippen molar-refractivity contribution in [2.24, 2.45) is 0 Å². The molecule has 1 atom stereocenters. The van der Waals surface area contributed by atoms with Crippen molar-refractivity contribution in [1.29, 1.82) is 0 Å². The molecule has 2 N–H and O–H groups in total. The van der Waals surface area contributed by atoms with Gasteiger partial charge < -0.3 is 10.4 Å². The molecule has 0 bridgehead atoms. The molecule has 138 valence electrons. The Labute approximate surface area is 162 Å². The fourth-order valence-corrected chi connectivity index (χ4v) is 3.23. The molecule has 3 aromatic rings. The van der Waals surface area contributed by atoms with E-state index in [-0.39, 0.29) is 18.7 Å². The van der Waals surface area contributed by atoms with Gasteiger partial charge in [-0.25, -0.2) is 0 Å². The first-order valence-electron chi connectivity index (χ1n) is 8.73. The summed E-state index contributed by atoms with van der Waals surface area (Å²) in [4.78, 5) is 23.6. The van der Waals surface area contributed by atoms with E-state index in [1.807, 2.05) is 42.5 Å². The van der Waals surface area contributed by atoms with Crippen LogP contribution in [-0.2, 0) is 22.4 Å². The molecule has 0 aromatic heterocycles. The lowest BCUT2D eigenvalue weighted by Crippen LogP contribution is -2.38. The van der Waals surface area contributed by atoms with Crippen molar-refractivity contribution in [1.82, 2.24) is 5.32 Å². The Morgan fingerprint density at radius 3 is 2.30 bits per heavy atom. The predicted octanol–water partition coefficient (Wildman–Crippen LogP) is 4.24. The maximum Gasteiger partial charge on any atom is 0.305 e. The second-order valence-electron chi connectivity index (χ2n) is 6.55. The van der Waals surface area contributed by atoms with Gasteiger partial charge in [0.1, 0.15) is 0 Å². The predicted molar refractivity (Wildman–Crippen MR) is 107 cm³/mol. The molecule has 0 spiro atoms. The molecule has 5 heteroatoms. The molecule has 0 radical (unpaired) electrons. The van der Waals surface area contributed by atoms with Gasteiger partial charge in [-0.2, -0.15) is 0 Å². The second kappa shape index (κ2) is 8.69. The lowest BCUT2D eigenvalue weighted by Gasteiger charge is -2.17. The molecule has 3 rings (SSSR count). The molecule has 4 nitrogen and oxygen atoms in total. The summed E-state index contributed by atoms with van der Waals surface area (Å²) in [5, 5.41) is 14.9. The third kappa shape index (κ3) is 5.56. The number of carbonyl (C=O) groups is 2. The number of benzene rings is 3. The highest BCUT2D eigenvalue weighted by molar-refractivity contribution is 6.30. The molecule has 1 amide bonds. The smallest absolute Gasteiger partial charge is 0.305 e. The molecular formula is C22H20ClNO3. The normalized spacial score (nSPS) is 11.9. The molecule has 27 heavy (non-hydrogen) atoms. The van der Waals surface area contributed by atoms with Gasteiger partial charge in [0, 0.05) is 11.1 Å². The molecule has 0 fully saturated rings. The Morgan fingerprint density at radius 2 is 1.59 bits per heavy atom. The van der Waals surface area contributed by atoms with Gasteiger partial charge in [-0.3, -0.25) is 9.59 Å². The largest absolute Gasteiger partial charge is 0.481 e. The van der Waals surface area contributed by atoms with E-state index >= 15 is 0 Å². The minimum atomic E-state index is -0.937. The number of carboxylic acid groups (broad SMARTS) is 1. The zero-order valence-corrected chi connectivity index (χ0v) is 15.4. The Kier molecular flexibility index (Phi) is 6.09. The molecule has 0 aliphatic heterocycles. The molecule has 0 heterocycles. The van der Waals surface area contributed by atoms with E-state index in [1.54, 1.807) is 24.3 Å². The fourth-order valence-electron chi connectivity index (χ4n) is 3.10. The molecule has 0 aliphatic carbocycles. The summed E-state index contributed by atoms with van der Waals surface area (Å²) in [6.07, 6.45) is 0.522. The first-order chi connectivity index (χ1) is 13.0. The standard InChI is InChI=1S/C22H20ClNO3/c23-19-9-6-15(7-10-19)13-21(25)24-20(14-22(26)27)12-16-5-8-17-3-1-2-4-18(17)11-16/h1-11,20H,12-14H2,(H,24,25)(H,26,27)/t20-/m0/s1. The highest BCUT2D eigenvalue weighted by Crippen LogP contribution is 2.17. The topological polar surface area (TPSA) is 66.4 Å². The van der Waals surface area contributed by atoms with Gasteiger partial charge in [0.05, 0.1) is 12.8 Å². The van der Waals surface area contributed by atoms with Crippen LogP contribution in [0.2, 0.25) is 5.02 Å². The van der Waals surface area contributed by atoms with Crippen LogP contribution in [0, 0.1) is 0 Å². The summed E-state index contributed by atoms with van der Waals surface area (Å²) in [6.45, 7) is 0. The van der Waals surface area contributed by atoms with Crippen molar-refractivity contribution >= 4 is 34.2 Å². The van der Waals surface area contributed by atoms with Crippen LogP contribution in [0.1, 0.15) is 17.5 Å². The van der Waals surface area contributed by atoms with Gasteiger partial charge in [0.2, 0.25) is 5.91 Å². The van der Waals surface area contributed by atoms with Crippen LogP contribution in [0.4, 0.5) is 0 Å². The van der Waals surface area contributed by atoms with E-state index in [1.165, 1.54) is 0 Å². The minimum absolute atomic E-state index is 0.126. The number of hydrogen-bond acceptors (Lipinski definition) is 2. The van der Waals surface area contributed by atoms with Crippen LogP contribution in [0.15, 0.2) is 66.7 Å². The fraction of sp³-hybridized carbons (Fsp3) is 0.182. The number of halogens is 1. The highest BCUT2D eigenvalue weighted by Gasteiger charge is 2.17. The molecule has 0 saturated heterocycles. The van der Waals surface area contributed by atoms with E-state index in [9.17, 15) is 14.7 Å². The van der Waals surface area contributed by atoms with Crippen LogP contribution in [0.5, 0.6) is 0 Å². The van der Waals surface area contributed by atoms with Crippen LogP contribution >= 0.6 is 11.6 Å². The summed E-state index contributed by atoms with van der Waals surface area (Å²) >= 11 is 5.86. The first-order valence-corrected chi connectivity index (χ1v) is 9.10. The second-order valence-corrected chi connectivity index (χ2v) is 6.99. The molecule has 0 unspecified atom stereocenters. The number of nitrogens with one attached hydrogen (secondary N) is 1. The summed E-state index contributed by atoms with van der Waals surface area (Å²) in [6, 6.07) is 20.6. The SMILES string of the molecule is O=C(O)C[C@H](Cc1ccc2ccccc2c1)NC(=O)Cc1ccc(Cl)cc1. The zero-order valence-electron chi connectivity index (χ0n) is 14.7. The average Bonchev–Trinajstić information content (AvgIpc) is 2.63. The van der Waals surface area contributed by atoms with Crippen molar-refractivity contribution in [2.45, 2.75) is 25.3 Å². The summed E-state index contributed by atoms with van der Waals surface area (Å²) in [5.74, 6) is -1.14. The van der Waals surface area contributed by atoms with Gasteiger partial charge in [0.15, 0.2) is 0 Å². The number of hydrogen-bond donors (Lipinski definition) is 2. The average molecular weight is 382 g/mol. The Morgan fingerprint density at radius 1 is 0.926 bits per heavy atom. The van der Waals surface area contributed by atoms with E-state index < -0.39 is 12.0 Å². The van der Waals surface area contributed by atoms with E-state index in [0.29, 0.717) is 11.4 Å². The number of carboxylic acids is 1. The van der Waals surface area contributed by atoms with Gasteiger partial charge in [-0.05, 0) is 40.5 Å². The van der Waals surface area contributed by atoms with E-state index in [2.05, 4.69) is 5.32 Å². The molecule has 0 aliphatic rings. The zero-order chi connectivity index (χ0) is 19.2. The van der Waals surface area contributed by atoms with Crippen molar-refractivity contribution in [3.8, 4) is 0 Å². The molecular weight excluding hydrogens is 362 g/mol. The maximum absolute atomic E-state index is 12.4. The Balaban J connectivity index is 1.69. The van der Waals surface area contributed by atoms with Crippen molar-refractivity contribution < 1.29 is 14.7 Å². The highest BCUT2D eigenvalue weighted by atomic mass is 35.5. The third-order valence-electron chi connectivity index (χ3n) is 4.36. The quantitative estimate of drug-likeness (QED) is 0.643. The van der Waals surface area contributed by atoms with Gasteiger partial charge in [0.25, 0.3) is 0 Å². The Bertz CT molecular complexity index is 953. The lowest BCUT2D eigenvalue weighted by atomic mass is 9.99. The summed E-state index contributed by atoms with van der Waals surface area (Å²) < 4.78 is 0. The van der Waals surface area contributed by atoms with Gasteiger partial charge in [-0.1, -0.05) is 66.2 Å². The van der Waals surface area contributed by atoms with Crippen LogP contribution < -0.4 is 5.32 Å². The van der Waals surface area contributed by atoms with E-state index in [0.717, 1.165) is 21.9 Å². The number of rotatable bonds is 7. The molecule has 3 aromatic carbocycles. The number of fused-ring (bicyclic) bond motifs is 1. The molecule has 0 saturated carbocycles. The van der Waals surface area contributed by atoms with E-state index in [4.69, 9.17) is 11.6 Å². The van der Waals surface area contributed by atoms with Crippen LogP contribution in [-0.4, -0.2) is 23.0 Å². The lowest BCUT2D eigenvalue weighted by molar-refractivity contribution is -0.137. The summed E-state index contributed by atoms with van der Waals surface area (Å²) in [7, 11) is 0. The van der Waals surface area contributed by atoms with Crippen molar-refractivity contribution in [2.75, 3.05) is 0 Å². The monoisotopic (exact) mass is 381 g/mol. The Hall–Kier alpha value is -2.85. The number of amides is 1. The summed E-state index contributed by atoms with van der Waals surface area (Å²) in [5.41, 5.74) is 1.82. The number of aliphatic carboxylic acids is 1. The van der Waals surface area contributed by atoms with Gasteiger partial charge >= 0.3 is 5.97 Å². The van der Waals surface area contributed by atoms with Crippen LogP contribution in [0.3, 0.4) is 0 Å². The van der Waals surface area contributed by atoms with Crippen LogP contribution in [0.25, 0.3) is 10.8 Å². The number of carbonyl (C=O) groups excluding carboxylic acids is 1. The first kappa shape index (κ1) is 18.9. The minimum Gasteiger partial charge on any atom is -0.481 e.